The molecule has 0 saturated carbocycles. The second kappa shape index (κ2) is 7.43. The molecule has 0 bridgehead atoms. The maximum atomic E-state index is 5.36. The monoisotopic (exact) mass is 211 g/mol. The Morgan fingerprint density at radius 1 is 1.40 bits per heavy atom. The lowest BCUT2D eigenvalue weighted by Gasteiger charge is -2.05. The van der Waals surface area contributed by atoms with Gasteiger partial charge in [-0.05, 0) is 6.42 Å². The summed E-state index contributed by atoms with van der Waals surface area (Å²) >= 11 is 0. The molecule has 86 valence electrons. The van der Waals surface area contributed by atoms with Crippen molar-refractivity contribution in [3.8, 4) is 0 Å². The zero-order valence-corrected chi connectivity index (χ0v) is 9.70. The zero-order valence-electron chi connectivity index (χ0n) is 9.70. The molecule has 0 aliphatic rings. The Balaban J connectivity index is 1.96. The van der Waals surface area contributed by atoms with Gasteiger partial charge in [0.1, 0.15) is 5.82 Å². The number of nitrogens with one attached hydrogen (secondary N) is 1. The maximum Gasteiger partial charge on any atom is 0.109 e. The Morgan fingerprint density at radius 3 is 2.93 bits per heavy atom. The SMILES string of the molecule is CCCOCCNCCc1nccn1C. The summed E-state index contributed by atoms with van der Waals surface area (Å²) in [4.78, 5) is 4.25. The summed E-state index contributed by atoms with van der Waals surface area (Å²) in [5.74, 6) is 1.12. The average molecular weight is 211 g/mol. The largest absolute Gasteiger partial charge is 0.380 e. The number of nitrogens with zero attached hydrogens (tertiary/aromatic N) is 2. The lowest BCUT2D eigenvalue weighted by atomic mass is 10.4. The molecule has 4 heteroatoms. The molecule has 0 aliphatic carbocycles. The van der Waals surface area contributed by atoms with E-state index in [4.69, 9.17) is 4.74 Å². The van der Waals surface area contributed by atoms with Crippen LogP contribution in [0.4, 0.5) is 0 Å². The van der Waals surface area contributed by atoms with Crippen molar-refractivity contribution >= 4 is 0 Å². The van der Waals surface area contributed by atoms with Crippen LogP contribution in [0.1, 0.15) is 19.2 Å². The lowest BCUT2D eigenvalue weighted by molar-refractivity contribution is 0.136. The van der Waals surface area contributed by atoms with E-state index < -0.39 is 0 Å². The topological polar surface area (TPSA) is 39.1 Å². The third kappa shape index (κ3) is 4.95. The first-order valence-corrected chi connectivity index (χ1v) is 5.59. The Labute approximate surface area is 91.7 Å². The van der Waals surface area contributed by atoms with Crippen LogP contribution in [0.3, 0.4) is 0 Å². The third-order valence-corrected chi connectivity index (χ3v) is 2.22. The highest BCUT2D eigenvalue weighted by Crippen LogP contribution is 1.93. The second-order valence-electron chi connectivity index (χ2n) is 3.57. The molecule has 1 aromatic rings. The van der Waals surface area contributed by atoms with Crippen molar-refractivity contribution < 1.29 is 4.74 Å². The van der Waals surface area contributed by atoms with Crippen LogP contribution < -0.4 is 5.32 Å². The molecular formula is C11H21N3O. The molecule has 0 atom stereocenters. The van der Waals surface area contributed by atoms with E-state index in [1.807, 2.05) is 19.4 Å². The third-order valence-electron chi connectivity index (χ3n) is 2.22. The van der Waals surface area contributed by atoms with Gasteiger partial charge in [0.05, 0.1) is 6.61 Å². The van der Waals surface area contributed by atoms with Crippen molar-refractivity contribution in [2.45, 2.75) is 19.8 Å². The Hall–Kier alpha value is -0.870. The molecule has 0 spiro atoms. The van der Waals surface area contributed by atoms with Gasteiger partial charge in [0.2, 0.25) is 0 Å². The van der Waals surface area contributed by atoms with Crippen LogP contribution in [0.25, 0.3) is 0 Å². The van der Waals surface area contributed by atoms with Crippen LogP contribution in [-0.4, -0.2) is 35.9 Å². The standard InChI is InChI=1S/C11H21N3O/c1-3-9-15-10-7-12-5-4-11-13-6-8-14(11)2/h6,8,12H,3-5,7,9-10H2,1-2H3. The zero-order chi connectivity index (χ0) is 10.9. The van der Waals surface area contributed by atoms with Crippen molar-refractivity contribution in [2.75, 3.05) is 26.3 Å². The summed E-state index contributed by atoms with van der Waals surface area (Å²) in [5, 5.41) is 3.33. The van der Waals surface area contributed by atoms with E-state index in [9.17, 15) is 0 Å². The van der Waals surface area contributed by atoms with Gasteiger partial charge >= 0.3 is 0 Å². The number of imidazole rings is 1. The van der Waals surface area contributed by atoms with Gasteiger partial charge in [-0.2, -0.15) is 0 Å². The van der Waals surface area contributed by atoms with E-state index in [1.165, 1.54) is 0 Å². The molecule has 15 heavy (non-hydrogen) atoms. The summed E-state index contributed by atoms with van der Waals surface area (Å²) in [6.45, 7) is 5.66. The molecule has 1 aromatic heterocycles. The lowest BCUT2D eigenvalue weighted by Crippen LogP contribution is -2.23. The number of aryl methyl sites for hydroxylation is 1. The van der Waals surface area contributed by atoms with Crippen molar-refractivity contribution in [3.63, 3.8) is 0 Å². The van der Waals surface area contributed by atoms with Gasteiger partial charge in [-0.15, -0.1) is 0 Å². The fraction of sp³-hybridized carbons (Fsp3) is 0.727. The van der Waals surface area contributed by atoms with Crippen LogP contribution in [0.5, 0.6) is 0 Å². The van der Waals surface area contributed by atoms with Crippen LogP contribution >= 0.6 is 0 Å². The molecule has 1 heterocycles. The number of ether oxygens (including phenoxy) is 1. The summed E-state index contributed by atoms with van der Waals surface area (Å²) in [6, 6.07) is 0. The van der Waals surface area contributed by atoms with Gasteiger partial charge in [-0.1, -0.05) is 6.92 Å². The quantitative estimate of drug-likeness (QED) is 0.651. The van der Waals surface area contributed by atoms with Crippen molar-refractivity contribution in [2.24, 2.45) is 7.05 Å². The Kier molecular flexibility index (Phi) is 6.04. The van der Waals surface area contributed by atoms with Gasteiger partial charge in [0.15, 0.2) is 0 Å². The smallest absolute Gasteiger partial charge is 0.109 e. The van der Waals surface area contributed by atoms with Gasteiger partial charge in [0, 0.05) is 45.6 Å². The number of rotatable bonds is 8. The minimum absolute atomic E-state index is 0.800. The molecule has 0 unspecified atom stereocenters. The Bertz CT molecular complexity index is 260. The van der Waals surface area contributed by atoms with E-state index in [0.717, 1.165) is 45.0 Å². The van der Waals surface area contributed by atoms with E-state index >= 15 is 0 Å². The molecule has 0 fully saturated rings. The van der Waals surface area contributed by atoms with Gasteiger partial charge in [0.25, 0.3) is 0 Å². The molecule has 0 radical (unpaired) electrons. The summed E-state index contributed by atoms with van der Waals surface area (Å²) in [5.41, 5.74) is 0. The molecule has 0 amide bonds. The Morgan fingerprint density at radius 2 is 2.27 bits per heavy atom. The summed E-state index contributed by atoms with van der Waals surface area (Å²) in [6.07, 6.45) is 5.87. The van der Waals surface area contributed by atoms with Crippen molar-refractivity contribution in [1.29, 1.82) is 0 Å². The van der Waals surface area contributed by atoms with Gasteiger partial charge in [-0.3, -0.25) is 0 Å². The highest BCUT2D eigenvalue weighted by Gasteiger charge is 1.97. The molecule has 1 rings (SSSR count). The van der Waals surface area contributed by atoms with E-state index in [2.05, 4.69) is 21.8 Å². The molecule has 4 nitrogen and oxygen atoms in total. The number of aromatic nitrogens is 2. The molecule has 0 saturated heterocycles. The van der Waals surface area contributed by atoms with Gasteiger partial charge in [-0.25, -0.2) is 4.98 Å². The first-order valence-electron chi connectivity index (χ1n) is 5.59. The molecule has 0 aliphatic heterocycles. The second-order valence-corrected chi connectivity index (χ2v) is 3.57. The number of hydrogen-bond acceptors (Lipinski definition) is 3. The fourth-order valence-electron chi connectivity index (χ4n) is 1.35. The molecule has 1 N–H and O–H groups in total. The predicted molar refractivity (Wildman–Crippen MR) is 60.9 cm³/mol. The number of hydrogen-bond donors (Lipinski definition) is 1. The van der Waals surface area contributed by atoms with Crippen LogP contribution in [0.15, 0.2) is 12.4 Å². The average Bonchev–Trinajstić information content (AvgIpc) is 2.63. The molecule has 0 aromatic carbocycles. The van der Waals surface area contributed by atoms with E-state index in [-0.39, 0.29) is 0 Å². The molecular weight excluding hydrogens is 190 g/mol. The minimum Gasteiger partial charge on any atom is -0.380 e. The maximum absolute atomic E-state index is 5.36. The van der Waals surface area contributed by atoms with Crippen LogP contribution in [0.2, 0.25) is 0 Å². The van der Waals surface area contributed by atoms with Crippen LogP contribution in [-0.2, 0) is 18.2 Å². The van der Waals surface area contributed by atoms with E-state index in [1.54, 1.807) is 0 Å². The predicted octanol–water partition coefficient (Wildman–Crippen LogP) is 0.979. The highest BCUT2D eigenvalue weighted by atomic mass is 16.5. The normalized spacial score (nSPS) is 10.8. The summed E-state index contributed by atoms with van der Waals surface area (Å²) in [7, 11) is 2.02. The minimum atomic E-state index is 0.800. The van der Waals surface area contributed by atoms with Crippen LogP contribution in [0, 0.1) is 0 Å². The van der Waals surface area contributed by atoms with Crippen molar-refractivity contribution in [3.05, 3.63) is 18.2 Å². The summed E-state index contributed by atoms with van der Waals surface area (Å²) < 4.78 is 7.41. The first kappa shape index (κ1) is 12.2. The van der Waals surface area contributed by atoms with Gasteiger partial charge < -0.3 is 14.6 Å². The first-order chi connectivity index (χ1) is 7.34. The van der Waals surface area contributed by atoms with Crippen molar-refractivity contribution in [1.82, 2.24) is 14.9 Å². The fourth-order valence-corrected chi connectivity index (χ4v) is 1.35. The van der Waals surface area contributed by atoms with E-state index in [0.29, 0.717) is 0 Å². The highest BCUT2D eigenvalue weighted by molar-refractivity contribution is 4.91.